The molecule has 1 aromatic rings. The fourth-order valence-electron chi connectivity index (χ4n) is 2.66. The number of methoxy groups -OCH3 is 1. The van der Waals surface area contributed by atoms with Crippen molar-refractivity contribution in [1.82, 2.24) is 0 Å². The Morgan fingerprint density at radius 2 is 2.04 bits per heavy atom. The van der Waals surface area contributed by atoms with Crippen molar-refractivity contribution in [2.45, 2.75) is 25.7 Å². The van der Waals surface area contributed by atoms with Crippen LogP contribution < -0.4 is 5.73 Å². The lowest BCUT2D eigenvalue weighted by atomic mass is 9.82. The first-order chi connectivity index (χ1) is 11.4. The van der Waals surface area contributed by atoms with Crippen LogP contribution in [0.15, 0.2) is 47.1 Å². The Balaban J connectivity index is 2.62. The van der Waals surface area contributed by atoms with Crippen LogP contribution >= 0.6 is 11.6 Å². The SMILES string of the molecule is COC(=O)C1=C(CCl)OC(N)=C(C#N)C1c1ccc(C(C)C)cc1. The van der Waals surface area contributed by atoms with Crippen LogP contribution in [-0.2, 0) is 14.3 Å². The van der Waals surface area contributed by atoms with Crippen molar-refractivity contribution in [3.8, 4) is 6.07 Å². The highest BCUT2D eigenvalue weighted by atomic mass is 35.5. The number of halogens is 1. The van der Waals surface area contributed by atoms with Crippen LogP contribution in [0.2, 0.25) is 0 Å². The summed E-state index contributed by atoms with van der Waals surface area (Å²) in [6.45, 7) is 4.18. The molecule has 1 unspecified atom stereocenters. The van der Waals surface area contributed by atoms with Crippen molar-refractivity contribution >= 4 is 17.6 Å². The summed E-state index contributed by atoms with van der Waals surface area (Å²) in [5.74, 6) is -0.768. The molecule has 6 heteroatoms. The van der Waals surface area contributed by atoms with Gasteiger partial charge < -0.3 is 15.2 Å². The summed E-state index contributed by atoms with van der Waals surface area (Å²) in [5.41, 5.74) is 8.14. The first-order valence-corrected chi connectivity index (χ1v) is 8.02. The molecular weight excluding hydrogens is 328 g/mol. The minimum atomic E-state index is -0.661. The number of rotatable bonds is 4. The van der Waals surface area contributed by atoms with Gasteiger partial charge in [0, 0.05) is 0 Å². The molecule has 0 saturated heterocycles. The third-order valence-corrected chi connectivity index (χ3v) is 4.20. The molecule has 0 fully saturated rings. The highest BCUT2D eigenvalue weighted by Gasteiger charge is 2.37. The summed E-state index contributed by atoms with van der Waals surface area (Å²) in [6.07, 6.45) is 0. The van der Waals surface area contributed by atoms with E-state index >= 15 is 0 Å². The number of carbonyl (C=O) groups is 1. The van der Waals surface area contributed by atoms with E-state index in [1.54, 1.807) is 0 Å². The molecule has 1 aliphatic heterocycles. The maximum atomic E-state index is 12.3. The number of ether oxygens (including phenoxy) is 2. The van der Waals surface area contributed by atoms with Gasteiger partial charge in [-0.05, 0) is 17.0 Å². The Bertz CT molecular complexity index is 743. The summed E-state index contributed by atoms with van der Waals surface area (Å²) in [4.78, 5) is 12.3. The van der Waals surface area contributed by atoms with E-state index in [1.807, 2.05) is 30.3 Å². The van der Waals surface area contributed by atoms with E-state index < -0.39 is 11.9 Å². The average Bonchev–Trinajstić information content (AvgIpc) is 2.60. The zero-order chi connectivity index (χ0) is 17.9. The van der Waals surface area contributed by atoms with Crippen LogP contribution in [0.3, 0.4) is 0 Å². The number of allylic oxidation sites excluding steroid dienone is 2. The molecule has 1 aliphatic rings. The molecule has 1 atom stereocenters. The number of nitrogens with zero attached hydrogens (tertiary/aromatic N) is 1. The van der Waals surface area contributed by atoms with Gasteiger partial charge in [0.1, 0.15) is 17.4 Å². The van der Waals surface area contributed by atoms with Gasteiger partial charge in [-0.25, -0.2) is 4.79 Å². The summed E-state index contributed by atoms with van der Waals surface area (Å²) in [7, 11) is 1.27. The summed E-state index contributed by atoms with van der Waals surface area (Å²) < 4.78 is 10.2. The average molecular weight is 347 g/mol. The maximum absolute atomic E-state index is 12.3. The molecule has 5 nitrogen and oxygen atoms in total. The van der Waals surface area contributed by atoms with E-state index in [-0.39, 0.29) is 28.7 Å². The minimum Gasteiger partial charge on any atom is -0.466 e. The Morgan fingerprint density at radius 1 is 1.42 bits per heavy atom. The second-order valence-electron chi connectivity index (χ2n) is 5.71. The Kier molecular flexibility index (Phi) is 5.53. The molecule has 0 amide bonds. The molecule has 0 aromatic heterocycles. The van der Waals surface area contributed by atoms with Gasteiger partial charge in [0.15, 0.2) is 0 Å². The molecule has 2 rings (SSSR count). The topological polar surface area (TPSA) is 85.3 Å². The molecule has 0 saturated carbocycles. The third kappa shape index (κ3) is 3.24. The normalized spacial score (nSPS) is 17.6. The smallest absolute Gasteiger partial charge is 0.338 e. The van der Waals surface area contributed by atoms with E-state index in [9.17, 15) is 10.1 Å². The number of esters is 1. The van der Waals surface area contributed by atoms with Crippen LogP contribution in [0.1, 0.15) is 36.8 Å². The van der Waals surface area contributed by atoms with Gasteiger partial charge in [0.2, 0.25) is 5.88 Å². The van der Waals surface area contributed by atoms with E-state index in [2.05, 4.69) is 13.8 Å². The van der Waals surface area contributed by atoms with E-state index in [0.717, 1.165) is 11.1 Å². The molecule has 0 radical (unpaired) electrons. The molecule has 0 aliphatic carbocycles. The van der Waals surface area contributed by atoms with Crippen molar-refractivity contribution in [1.29, 1.82) is 5.26 Å². The van der Waals surface area contributed by atoms with E-state index in [0.29, 0.717) is 5.92 Å². The third-order valence-electron chi connectivity index (χ3n) is 3.96. The van der Waals surface area contributed by atoms with Gasteiger partial charge in [-0.2, -0.15) is 5.26 Å². The number of nitrogens with two attached hydrogens (primary N) is 1. The predicted molar refractivity (Wildman–Crippen MR) is 90.9 cm³/mol. The summed E-state index contributed by atoms with van der Waals surface area (Å²) in [5, 5.41) is 9.49. The second-order valence-corrected chi connectivity index (χ2v) is 5.98. The zero-order valence-electron chi connectivity index (χ0n) is 13.8. The van der Waals surface area contributed by atoms with Gasteiger partial charge in [-0.1, -0.05) is 38.1 Å². The van der Waals surface area contributed by atoms with Crippen molar-refractivity contribution in [2.75, 3.05) is 13.0 Å². The number of hydrogen-bond acceptors (Lipinski definition) is 5. The molecule has 0 bridgehead atoms. The van der Waals surface area contributed by atoms with Crippen LogP contribution in [0, 0.1) is 11.3 Å². The number of benzene rings is 1. The lowest BCUT2D eigenvalue weighted by Gasteiger charge is -2.27. The van der Waals surface area contributed by atoms with Crippen LogP contribution in [0.4, 0.5) is 0 Å². The fourth-order valence-corrected chi connectivity index (χ4v) is 2.86. The molecule has 1 aromatic carbocycles. The summed E-state index contributed by atoms with van der Waals surface area (Å²) >= 11 is 5.90. The van der Waals surface area contributed by atoms with Gasteiger partial charge in [0.25, 0.3) is 0 Å². The number of alkyl halides is 1. The molecule has 2 N–H and O–H groups in total. The quantitative estimate of drug-likeness (QED) is 0.668. The first kappa shape index (κ1) is 17.9. The van der Waals surface area contributed by atoms with E-state index in [1.165, 1.54) is 7.11 Å². The molecular formula is C18H19ClN2O3. The summed E-state index contributed by atoms with van der Waals surface area (Å²) in [6, 6.07) is 9.73. The fraction of sp³-hybridized carbons (Fsp3) is 0.333. The van der Waals surface area contributed by atoms with Crippen molar-refractivity contribution in [3.05, 3.63) is 58.2 Å². The monoisotopic (exact) mass is 346 g/mol. The van der Waals surface area contributed by atoms with Crippen molar-refractivity contribution in [2.24, 2.45) is 5.73 Å². The highest BCUT2D eigenvalue weighted by Crippen LogP contribution is 2.40. The lowest BCUT2D eigenvalue weighted by molar-refractivity contribution is -0.136. The second kappa shape index (κ2) is 7.41. The highest BCUT2D eigenvalue weighted by molar-refractivity contribution is 6.19. The Hall–Kier alpha value is -2.45. The van der Waals surface area contributed by atoms with Gasteiger partial charge in [-0.3, -0.25) is 0 Å². The van der Waals surface area contributed by atoms with E-state index in [4.69, 9.17) is 26.8 Å². The first-order valence-electron chi connectivity index (χ1n) is 7.49. The van der Waals surface area contributed by atoms with Crippen molar-refractivity contribution < 1.29 is 14.3 Å². The lowest BCUT2D eigenvalue weighted by Crippen LogP contribution is -2.26. The largest absolute Gasteiger partial charge is 0.466 e. The molecule has 0 spiro atoms. The predicted octanol–water partition coefficient (Wildman–Crippen LogP) is 3.28. The van der Waals surface area contributed by atoms with Gasteiger partial charge in [-0.15, -0.1) is 11.6 Å². The Morgan fingerprint density at radius 3 is 2.50 bits per heavy atom. The standard InChI is InChI=1S/C18H19ClN2O3/c1-10(2)11-4-6-12(7-5-11)15-13(9-20)17(21)24-14(8-19)16(15)18(22)23-3/h4-7,10,15H,8,21H2,1-3H3. The van der Waals surface area contributed by atoms with Crippen LogP contribution in [0.25, 0.3) is 0 Å². The number of nitriles is 1. The van der Waals surface area contributed by atoms with Gasteiger partial charge in [0.05, 0.1) is 24.5 Å². The number of carbonyl (C=O) groups excluding carboxylic acids is 1. The maximum Gasteiger partial charge on any atom is 0.338 e. The molecule has 126 valence electrons. The molecule has 1 heterocycles. The number of hydrogen-bond donors (Lipinski definition) is 1. The van der Waals surface area contributed by atoms with Crippen molar-refractivity contribution in [3.63, 3.8) is 0 Å². The minimum absolute atomic E-state index is 0.0428. The van der Waals surface area contributed by atoms with Crippen LogP contribution in [0.5, 0.6) is 0 Å². The molecule has 24 heavy (non-hydrogen) atoms. The Labute approximate surface area is 146 Å². The van der Waals surface area contributed by atoms with Gasteiger partial charge >= 0.3 is 5.97 Å². The van der Waals surface area contributed by atoms with Crippen LogP contribution in [-0.4, -0.2) is 19.0 Å². The zero-order valence-corrected chi connectivity index (χ0v) is 14.6.